The van der Waals surface area contributed by atoms with Crippen LogP contribution in [0.2, 0.25) is 5.02 Å². The molecule has 2 aromatic heterocycles. The van der Waals surface area contributed by atoms with Gasteiger partial charge < -0.3 is 11.1 Å². The van der Waals surface area contributed by atoms with Crippen molar-refractivity contribution in [1.82, 2.24) is 19.7 Å². The largest absolute Gasteiger partial charge is 0.351 e. The molecule has 1 atom stereocenters. The van der Waals surface area contributed by atoms with Crippen LogP contribution in [0, 0.1) is 0 Å². The molecule has 1 saturated carbocycles. The number of nitrogens with two attached hydrogens (primary N) is 1. The molecule has 1 aliphatic rings. The van der Waals surface area contributed by atoms with E-state index in [4.69, 9.17) is 22.3 Å². The van der Waals surface area contributed by atoms with E-state index in [1.807, 2.05) is 12.3 Å². The van der Waals surface area contributed by atoms with E-state index in [1.165, 1.54) is 0 Å². The molecular formula is C25H28ClN7OS. The zero-order valence-corrected chi connectivity index (χ0v) is 21.0. The van der Waals surface area contributed by atoms with Crippen molar-refractivity contribution in [1.29, 1.82) is 0 Å². The molecule has 182 valence electrons. The number of aryl methyl sites for hydroxylation is 1. The number of hydrogen-bond acceptors (Lipinski definition) is 6. The molecule has 4 N–H and O–H groups in total. The summed E-state index contributed by atoms with van der Waals surface area (Å²) in [6.07, 6.45) is 10.3. The number of nitrogens with one attached hydrogen (secondary N) is 2. The lowest BCUT2D eigenvalue weighted by Gasteiger charge is -2.26. The first-order valence-electron chi connectivity index (χ1n) is 11.8. The maximum Gasteiger partial charge on any atom is 0.223 e. The van der Waals surface area contributed by atoms with Crippen LogP contribution in [0.1, 0.15) is 38.2 Å². The first-order chi connectivity index (χ1) is 17.0. The van der Waals surface area contributed by atoms with Crippen LogP contribution in [-0.4, -0.2) is 36.0 Å². The van der Waals surface area contributed by atoms with Gasteiger partial charge in [0.25, 0.3) is 0 Å². The van der Waals surface area contributed by atoms with E-state index in [0.29, 0.717) is 33.6 Å². The molecule has 1 fully saturated rings. The van der Waals surface area contributed by atoms with Crippen LogP contribution >= 0.6 is 11.6 Å². The molecule has 2 heterocycles. The van der Waals surface area contributed by atoms with Gasteiger partial charge in [-0.2, -0.15) is 5.10 Å². The van der Waals surface area contributed by atoms with Gasteiger partial charge in [0, 0.05) is 23.7 Å². The molecule has 1 unspecified atom stereocenters. The normalized spacial score (nSPS) is 18.9. The first-order valence-corrected chi connectivity index (χ1v) is 13.3. The highest BCUT2D eigenvalue weighted by atomic mass is 35.5. The number of anilines is 2. The molecule has 0 spiro atoms. The van der Waals surface area contributed by atoms with Gasteiger partial charge in [-0.25, -0.2) is 18.9 Å². The predicted molar refractivity (Wildman–Crippen MR) is 141 cm³/mol. The lowest BCUT2D eigenvalue weighted by Crippen LogP contribution is -2.33. The van der Waals surface area contributed by atoms with Crippen molar-refractivity contribution in [3.63, 3.8) is 0 Å². The summed E-state index contributed by atoms with van der Waals surface area (Å²) in [4.78, 5) is 9.93. The van der Waals surface area contributed by atoms with Crippen molar-refractivity contribution >= 4 is 45.1 Å². The standard InChI is InChI=1S/C25H28ClN7OS/c1-2-16-11-21(33-15-20(14-29-33)32-35(34)23-6-4-3-5-22(23)26)12-17-13-28-25(31-24(16)17)30-19-9-7-18(27)8-10-19/h3-6,11-15,18-19,32H,2,7-10,27H2,1H3,(H,28,30,31). The highest BCUT2D eigenvalue weighted by molar-refractivity contribution is 7.86. The highest BCUT2D eigenvalue weighted by Crippen LogP contribution is 2.26. The molecule has 0 aliphatic heterocycles. The predicted octanol–water partition coefficient (Wildman–Crippen LogP) is 4.85. The van der Waals surface area contributed by atoms with Crippen LogP contribution in [-0.2, 0) is 17.4 Å². The monoisotopic (exact) mass is 509 g/mol. The van der Waals surface area contributed by atoms with Crippen molar-refractivity contribution in [2.24, 2.45) is 5.73 Å². The summed E-state index contributed by atoms with van der Waals surface area (Å²) in [5, 5.41) is 9.35. The van der Waals surface area contributed by atoms with E-state index in [-0.39, 0.29) is 0 Å². The maximum atomic E-state index is 12.7. The molecule has 0 radical (unpaired) electrons. The van der Waals surface area contributed by atoms with Gasteiger partial charge in [0.05, 0.1) is 39.2 Å². The Morgan fingerprint density at radius 2 is 1.97 bits per heavy atom. The van der Waals surface area contributed by atoms with Crippen LogP contribution in [0.15, 0.2) is 59.9 Å². The second-order valence-corrected chi connectivity index (χ2v) is 10.4. The Balaban J connectivity index is 1.37. The molecular weight excluding hydrogens is 482 g/mol. The van der Waals surface area contributed by atoms with Gasteiger partial charge in [-0.05, 0) is 61.9 Å². The molecule has 8 nitrogen and oxygen atoms in total. The molecule has 0 bridgehead atoms. The number of rotatable bonds is 7. The zero-order chi connectivity index (χ0) is 24.4. The number of aromatic nitrogens is 4. The van der Waals surface area contributed by atoms with Gasteiger partial charge in [0.2, 0.25) is 5.95 Å². The average molecular weight is 510 g/mol. The molecule has 1 aliphatic carbocycles. The molecule has 5 rings (SSSR count). The summed E-state index contributed by atoms with van der Waals surface area (Å²) in [7, 11) is -1.49. The quantitative estimate of drug-likeness (QED) is 0.328. The van der Waals surface area contributed by atoms with E-state index in [0.717, 1.165) is 54.3 Å². The van der Waals surface area contributed by atoms with Gasteiger partial charge in [-0.15, -0.1) is 0 Å². The third kappa shape index (κ3) is 5.32. The third-order valence-electron chi connectivity index (χ3n) is 6.33. The number of nitrogens with zero attached hydrogens (tertiary/aromatic N) is 4. The number of fused-ring (bicyclic) bond motifs is 1. The van der Waals surface area contributed by atoms with E-state index in [9.17, 15) is 4.21 Å². The number of benzene rings is 2. The lowest BCUT2D eigenvalue weighted by molar-refractivity contribution is 0.410. The number of halogens is 1. The average Bonchev–Trinajstić information content (AvgIpc) is 3.33. The minimum atomic E-state index is -1.49. The minimum absolute atomic E-state index is 0.310. The Hall–Kier alpha value is -3.01. The first kappa shape index (κ1) is 23.7. The smallest absolute Gasteiger partial charge is 0.223 e. The lowest BCUT2D eigenvalue weighted by atomic mass is 9.92. The zero-order valence-electron chi connectivity index (χ0n) is 19.4. The van der Waals surface area contributed by atoms with Gasteiger partial charge in [0.1, 0.15) is 0 Å². The van der Waals surface area contributed by atoms with Crippen molar-refractivity contribution in [2.75, 3.05) is 10.0 Å². The summed E-state index contributed by atoms with van der Waals surface area (Å²) < 4.78 is 17.4. The van der Waals surface area contributed by atoms with E-state index < -0.39 is 11.0 Å². The number of hydrogen-bond donors (Lipinski definition) is 3. The van der Waals surface area contributed by atoms with Crippen molar-refractivity contribution in [3.8, 4) is 5.69 Å². The van der Waals surface area contributed by atoms with Crippen molar-refractivity contribution in [3.05, 3.63) is 65.6 Å². The molecule has 35 heavy (non-hydrogen) atoms. The Labute approximate surface area is 211 Å². The van der Waals surface area contributed by atoms with Crippen LogP contribution in [0.4, 0.5) is 11.6 Å². The molecule has 4 aromatic rings. The van der Waals surface area contributed by atoms with Crippen molar-refractivity contribution < 1.29 is 4.21 Å². The Bertz CT molecular complexity index is 1370. The second-order valence-electron chi connectivity index (χ2n) is 8.82. The third-order valence-corrected chi connectivity index (χ3v) is 7.94. The fraction of sp³-hybridized carbons (Fsp3) is 0.320. The molecule has 10 heteroatoms. The fourth-order valence-corrected chi connectivity index (χ4v) is 5.62. The van der Waals surface area contributed by atoms with Crippen molar-refractivity contribution in [2.45, 2.75) is 56.0 Å². The molecule has 0 saturated heterocycles. The Morgan fingerprint density at radius 1 is 1.17 bits per heavy atom. The van der Waals surface area contributed by atoms with Crippen LogP contribution in [0.25, 0.3) is 16.6 Å². The molecule has 2 aromatic carbocycles. The summed E-state index contributed by atoms with van der Waals surface area (Å²) in [5.74, 6) is 0.660. The molecule has 0 amide bonds. The van der Waals surface area contributed by atoms with Gasteiger partial charge in [-0.3, -0.25) is 4.72 Å². The van der Waals surface area contributed by atoms with E-state index >= 15 is 0 Å². The SMILES string of the molecule is CCc1cc(-n2cc(NS(=O)c3ccccc3Cl)cn2)cc2cnc(NC3CCC(N)CC3)nc12. The summed E-state index contributed by atoms with van der Waals surface area (Å²) in [5.41, 5.74) is 9.59. The summed E-state index contributed by atoms with van der Waals surface area (Å²) >= 11 is 6.17. The minimum Gasteiger partial charge on any atom is -0.351 e. The van der Waals surface area contributed by atoms with Gasteiger partial charge >= 0.3 is 0 Å². The van der Waals surface area contributed by atoms with Crippen LogP contribution in [0.3, 0.4) is 0 Å². The van der Waals surface area contributed by atoms with Gasteiger partial charge in [-0.1, -0.05) is 30.7 Å². The Morgan fingerprint density at radius 3 is 2.74 bits per heavy atom. The van der Waals surface area contributed by atoms with E-state index in [2.05, 4.69) is 33.1 Å². The van der Waals surface area contributed by atoms with Gasteiger partial charge in [0.15, 0.2) is 11.0 Å². The van der Waals surface area contributed by atoms with Crippen LogP contribution in [0.5, 0.6) is 0 Å². The topological polar surface area (TPSA) is 111 Å². The summed E-state index contributed by atoms with van der Waals surface area (Å²) in [6, 6.07) is 11.8. The summed E-state index contributed by atoms with van der Waals surface area (Å²) in [6.45, 7) is 2.11. The fourth-order valence-electron chi connectivity index (χ4n) is 4.39. The van der Waals surface area contributed by atoms with E-state index in [1.54, 1.807) is 41.3 Å². The highest BCUT2D eigenvalue weighted by Gasteiger charge is 2.19. The van der Waals surface area contributed by atoms with Crippen LogP contribution < -0.4 is 15.8 Å². The Kier molecular flexibility index (Phi) is 6.99. The second kappa shape index (κ2) is 10.3. The maximum absolute atomic E-state index is 12.7.